The van der Waals surface area contributed by atoms with Crippen LogP contribution in [0.5, 0.6) is 0 Å². The lowest BCUT2D eigenvalue weighted by molar-refractivity contribution is -0.137. The van der Waals surface area contributed by atoms with E-state index in [1.54, 1.807) is 11.8 Å². The molecular formula is C17H23NO2S. The van der Waals surface area contributed by atoms with Crippen molar-refractivity contribution in [3.63, 3.8) is 0 Å². The highest BCUT2D eigenvalue weighted by Gasteiger charge is 2.43. The third-order valence-electron chi connectivity index (χ3n) is 4.37. The van der Waals surface area contributed by atoms with Crippen molar-refractivity contribution in [2.75, 3.05) is 12.4 Å². The van der Waals surface area contributed by atoms with Gasteiger partial charge in [-0.25, -0.2) is 0 Å². The maximum absolute atomic E-state index is 13.0. The molecule has 4 heteroatoms. The lowest BCUT2D eigenvalue weighted by Crippen LogP contribution is -2.47. The number of hydrogen-bond acceptors (Lipinski definition) is 3. The van der Waals surface area contributed by atoms with Crippen molar-refractivity contribution in [2.45, 2.75) is 44.2 Å². The molecule has 2 aliphatic heterocycles. The number of carbonyl (C=O) groups is 1. The Bertz CT molecular complexity index is 491. The molecular weight excluding hydrogens is 282 g/mol. The van der Waals surface area contributed by atoms with Gasteiger partial charge in [-0.2, -0.15) is 0 Å². The molecule has 0 unspecified atom stereocenters. The lowest BCUT2D eigenvalue weighted by atomic mass is 10.0. The van der Waals surface area contributed by atoms with Crippen LogP contribution in [0.25, 0.3) is 0 Å². The van der Waals surface area contributed by atoms with Gasteiger partial charge in [-0.15, -0.1) is 11.8 Å². The number of amides is 1. The fourth-order valence-corrected chi connectivity index (χ4v) is 4.35. The third kappa shape index (κ3) is 3.11. The highest BCUT2D eigenvalue weighted by molar-refractivity contribution is 8.00. The van der Waals surface area contributed by atoms with Crippen LogP contribution >= 0.6 is 11.8 Å². The van der Waals surface area contributed by atoms with E-state index in [0.29, 0.717) is 12.5 Å². The summed E-state index contributed by atoms with van der Waals surface area (Å²) >= 11 is 1.79. The van der Waals surface area contributed by atoms with Gasteiger partial charge in [0.2, 0.25) is 5.91 Å². The third-order valence-corrected chi connectivity index (χ3v) is 5.62. The fourth-order valence-electron chi connectivity index (χ4n) is 3.15. The van der Waals surface area contributed by atoms with Gasteiger partial charge in [-0.05, 0) is 23.7 Å². The predicted molar refractivity (Wildman–Crippen MR) is 86.2 cm³/mol. The maximum Gasteiger partial charge on any atom is 0.238 e. The largest absolute Gasteiger partial charge is 0.356 e. The number of hydrogen-bond donors (Lipinski definition) is 0. The van der Waals surface area contributed by atoms with Crippen molar-refractivity contribution in [1.29, 1.82) is 0 Å². The molecule has 114 valence electrons. The van der Waals surface area contributed by atoms with Gasteiger partial charge in [-0.1, -0.05) is 44.2 Å². The summed E-state index contributed by atoms with van der Waals surface area (Å²) in [6.07, 6.45) is 1.77. The van der Waals surface area contributed by atoms with Gasteiger partial charge < -0.3 is 9.64 Å². The fraction of sp³-hybridized carbons (Fsp3) is 0.588. The number of rotatable bonds is 3. The first-order chi connectivity index (χ1) is 10.2. The Morgan fingerprint density at radius 2 is 2.10 bits per heavy atom. The summed E-state index contributed by atoms with van der Waals surface area (Å²) in [5.74, 6) is 1.71. The Balaban J connectivity index is 1.78. The van der Waals surface area contributed by atoms with Crippen LogP contribution in [0, 0.1) is 5.92 Å². The summed E-state index contributed by atoms with van der Waals surface area (Å²) in [7, 11) is 0. The van der Waals surface area contributed by atoms with Crippen LogP contribution in [-0.4, -0.2) is 40.7 Å². The van der Waals surface area contributed by atoms with Gasteiger partial charge in [0.05, 0.1) is 17.9 Å². The predicted octanol–water partition coefficient (Wildman–Crippen LogP) is 2.94. The second-order valence-corrected chi connectivity index (χ2v) is 7.49. The van der Waals surface area contributed by atoms with Crippen molar-refractivity contribution in [3.05, 3.63) is 35.9 Å². The van der Waals surface area contributed by atoms with E-state index >= 15 is 0 Å². The van der Waals surface area contributed by atoms with E-state index in [4.69, 9.17) is 4.74 Å². The average Bonchev–Trinajstić information content (AvgIpc) is 2.84. The molecule has 2 aliphatic rings. The van der Waals surface area contributed by atoms with E-state index in [0.717, 1.165) is 18.6 Å². The molecule has 0 N–H and O–H groups in total. The Morgan fingerprint density at radius 3 is 2.81 bits per heavy atom. The molecule has 0 radical (unpaired) electrons. The molecule has 0 aliphatic carbocycles. The van der Waals surface area contributed by atoms with Gasteiger partial charge >= 0.3 is 0 Å². The number of carbonyl (C=O) groups excluding carboxylic acids is 1. The Kier molecular flexibility index (Phi) is 4.55. The van der Waals surface area contributed by atoms with Gasteiger partial charge in [0.25, 0.3) is 0 Å². The number of ether oxygens (including phenoxy) is 1. The van der Waals surface area contributed by atoms with E-state index in [1.165, 1.54) is 5.56 Å². The number of benzene rings is 1. The zero-order valence-corrected chi connectivity index (χ0v) is 13.5. The van der Waals surface area contributed by atoms with Crippen molar-refractivity contribution >= 4 is 17.7 Å². The van der Waals surface area contributed by atoms with Crippen LogP contribution in [0.2, 0.25) is 0 Å². The molecule has 2 fully saturated rings. The zero-order chi connectivity index (χ0) is 14.8. The second kappa shape index (κ2) is 6.41. The average molecular weight is 305 g/mol. The van der Waals surface area contributed by atoms with Gasteiger partial charge in [0.15, 0.2) is 0 Å². The number of fused-ring (bicyclic) bond motifs is 1. The molecule has 2 saturated heterocycles. The molecule has 0 saturated carbocycles. The highest BCUT2D eigenvalue weighted by atomic mass is 32.2. The SMILES string of the molecule is CC(C)[C@H]1CO[C@@H]2CCS[C@@H](Cc3ccccc3)C(=O)N12. The van der Waals surface area contributed by atoms with Crippen molar-refractivity contribution in [2.24, 2.45) is 5.92 Å². The van der Waals surface area contributed by atoms with Gasteiger partial charge in [0, 0.05) is 6.42 Å². The van der Waals surface area contributed by atoms with E-state index in [2.05, 4.69) is 26.0 Å². The molecule has 0 spiro atoms. The first-order valence-corrected chi connectivity index (χ1v) is 8.81. The van der Waals surface area contributed by atoms with E-state index in [1.807, 2.05) is 23.1 Å². The van der Waals surface area contributed by atoms with Crippen LogP contribution in [0.1, 0.15) is 25.8 Å². The highest BCUT2D eigenvalue weighted by Crippen LogP contribution is 2.33. The molecule has 3 nitrogen and oxygen atoms in total. The summed E-state index contributed by atoms with van der Waals surface area (Å²) in [6.45, 7) is 5.04. The van der Waals surface area contributed by atoms with Crippen molar-refractivity contribution < 1.29 is 9.53 Å². The molecule has 1 amide bonds. The van der Waals surface area contributed by atoms with Gasteiger partial charge in [-0.3, -0.25) is 4.79 Å². The minimum Gasteiger partial charge on any atom is -0.356 e. The minimum atomic E-state index is -0.00169. The molecule has 0 bridgehead atoms. The quantitative estimate of drug-likeness (QED) is 0.860. The minimum absolute atomic E-state index is 0.00169. The monoisotopic (exact) mass is 305 g/mol. The topological polar surface area (TPSA) is 29.5 Å². The standard InChI is InChI=1S/C17H23NO2S/c1-12(2)14-11-20-16-8-9-21-15(17(19)18(14)16)10-13-6-4-3-5-7-13/h3-7,12,14-16H,8-11H2,1-2H3/t14-,15+,16-/m1/s1. The van der Waals surface area contributed by atoms with Crippen LogP contribution in [0.3, 0.4) is 0 Å². The normalized spacial score (nSPS) is 29.6. The molecule has 3 rings (SSSR count). The molecule has 3 atom stereocenters. The van der Waals surface area contributed by atoms with Crippen LogP contribution in [0.15, 0.2) is 30.3 Å². The van der Waals surface area contributed by atoms with Crippen LogP contribution in [0.4, 0.5) is 0 Å². The molecule has 21 heavy (non-hydrogen) atoms. The lowest BCUT2D eigenvalue weighted by Gasteiger charge is -2.30. The zero-order valence-electron chi connectivity index (χ0n) is 12.7. The van der Waals surface area contributed by atoms with Crippen LogP contribution < -0.4 is 0 Å². The summed E-state index contributed by atoms with van der Waals surface area (Å²) in [6, 6.07) is 10.6. The first kappa shape index (κ1) is 14.9. The molecule has 1 aromatic rings. The summed E-state index contributed by atoms with van der Waals surface area (Å²) in [5, 5.41) is 0.0281. The molecule has 0 aromatic heterocycles. The first-order valence-electron chi connectivity index (χ1n) is 7.76. The Morgan fingerprint density at radius 1 is 1.33 bits per heavy atom. The van der Waals surface area contributed by atoms with Crippen molar-refractivity contribution in [3.8, 4) is 0 Å². The Hall–Kier alpha value is -1.00. The summed E-state index contributed by atoms with van der Waals surface area (Å²) in [5.41, 5.74) is 1.24. The summed E-state index contributed by atoms with van der Waals surface area (Å²) < 4.78 is 5.87. The Labute approximate surface area is 131 Å². The second-order valence-electron chi connectivity index (χ2n) is 6.18. The van der Waals surface area contributed by atoms with Gasteiger partial charge in [0.1, 0.15) is 6.23 Å². The molecule has 1 aromatic carbocycles. The number of thioether (sulfide) groups is 1. The van der Waals surface area contributed by atoms with E-state index in [9.17, 15) is 4.79 Å². The summed E-state index contributed by atoms with van der Waals surface area (Å²) in [4.78, 5) is 15.0. The maximum atomic E-state index is 13.0. The van der Waals surface area contributed by atoms with E-state index < -0.39 is 0 Å². The smallest absolute Gasteiger partial charge is 0.238 e. The van der Waals surface area contributed by atoms with E-state index in [-0.39, 0.29) is 23.4 Å². The van der Waals surface area contributed by atoms with Crippen molar-refractivity contribution in [1.82, 2.24) is 4.90 Å². The van der Waals surface area contributed by atoms with Crippen LogP contribution in [-0.2, 0) is 16.0 Å². The molecule has 2 heterocycles. The number of nitrogens with zero attached hydrogens (tertiary/aromatic N) is 1.